The normalized spacial score (nSPS) is 13.3. The molecule has 0 bridgehead atoms. The van der Waals surface area contributed by atoms with Gasteiger partial charge in [-0.3, -0.25) is 9.59 Å². The minimum absolute atomic E-state index is 0.121. The molecule has 2 aromatic heterocycles. The van der Waals surface area contributed by atoms with E-state index in [2.05, 4.69) is 9.97 Å². The SMILES string of the molecule is O=C(COC(=O)c1ccccc1CSc1nc2ccccc2o1)c1c[nH]c(C(=O)N2CCCC2)c1. The number of likely N-dealkylation sites (tertiary alicyclic amines) is 1. The summed E-state index contributed by atoms with van der Waals surface area (Å²) in [4.78, 5) is 46.9. The van der Waals surface area contributed by atoms with Crippen LogP contribution in [-0.2, 0) is 10.5 Å². The zero-order valence-electron chi connectivity index (χ0n) is 18.9. The topological polar surface area (TPSA) is 105 Å². The molecule has 0 spiro atoms. The van der Waals surface area contributed by atoms with Crippen LogP contribution in [0.15, 0.2) is 70.4 Å². The molecule has 1 saturated heterocycles. The van der Waals surface area contributed by atoms with E-state index in [1.165, 1.54) is 24.0 Å². The number of benzene rings is 2. The average molecular weight is 490 g/mol. The monoisotopic (exact) mass is 489 g/mol. The van der Waals surface area contributed by atoms with E-state index < -0.39 is 12.6 Å². The van der Waals surface area contributed by atoms with Crippen LogP contribution in [-0.4, -0.2) is 52.2 Å². The van der Waals surface area contributed by atoms with Crippen LogP contribution in [0.4, 0.5) is 0 Å². The predicted molar refractivity (Wildman–Crippen MR) is 131 cm³/mol. The Bertz CT molecular complexity index is 1350. The Morgan fingerprint density at radius 2 is 1.83 bits per heavy atom. The van der Waals surface area contributed by atoms with Gasteiger partial charge in [0.2, 0.25) is 5.78 Å². The number of fused-ring (bicyclic) bond motifs is 1. The van der Waals surface area contributed by atoms with E-state index in [0.717, 1.165) is 37.0 Å². The van der Waals surface area contributed by atoms with Gasteiger partial charge >= 0.3 is 5.97 Å². The molecule has 9 heteroatoms. The molecule has 0 saturated carbocycles. The van der Waals surface area contributed by atoms with Crippen molar-refractivity contribution in [3.05, 3.63) is 83.2 Å². The Hall–Kier alpha value is -3.85. The molecule has 1 amide bonds. The molecule has 35 heavy (non-hydrogen) atoms. The maximum atomic E-state index is 12.7. The number of hydrogen-bond donors (Lipinski definition) is 1. The number of rotatable bonds is 8. The molecule has 5 rings (SSSR count). The number of para-hydroxylation sites is 2. The van der Waals surface area contributed by atoms with Crippen molar-refractivity contribution in [3.63, 3.8) is 0 Å². The molecule has 1 N–H and O–H groups in total. The second kappa shape index (κ2) is 10.2. The van der Waals surface area contributed by atoms with Crippen molar-refractivity contribution in [2.75, 3.05) is 19.7 Å². The predicted octanol–water partition coefficient (Wildman–Crippen LogP) is 4.72. The lowest BCUT2D eigenvalue weighted by Crippen LogP contribution is -2.27. The van der Waals surface area contributed by atoms with Crippen LogP contribution in [0, 0.1) is 0 Å². The van der Waals surface area contributed by atoms with Crippen LogP contribution in [0.3, 0.4) is 0 Å². The van der Waals surface area contributed by atoms with Gasteiger partial charge in [0.15, 0.2) is 12.2 Å². The highest BCUT2D eigenvalue weighted by Crippen LogP contribution is 2.27. The fraction of sp³-hybridized carbons (Fsp3) is 0.231. The average Bonchev–Trinajstić information content (AvgIpc) is 3.66. The number of ether oxygens (including phenoxy) is 1. The fourth-order valence-corrected chi connectivity index (χ4v) is 4.80. The summed E-state index contributed by atoms with van der Waals surface area (Å²) in [5.74, 6) is -0.639. The summed E-state index contributed by atoms with van der Waals surface area (Å²) in [6.07, 6.45) is 3.45. The van der Waals surface area contributed by atoms with Crippen molar-refractivity contribution in [1.29, 1.82) is 0 Å². The third-order valence-corrected chi connectivity index (χ3v) is 6.70. The first-order valence-corrected chi connectivity index (χ1v) is 12.3. The number of aromatic nitrogens is 2. The number of nitrogens with one attached hydrogen (secondary N) is 1. The summed E-state index contributed by atoms with van der Waals surface area (Å²) in [6.45, 7) is 1.03. The summed E-state index contributed by atoms with van der Waals surface area (Å²) in [6, 6.07) is 16.1. The number of oxazole rings is 1. The first-order chi connectivity index (χ1) is 17.1. The van der Waals surface area contributed by atoms with Gasteiger partial charge in [-0.2, -0.15) is 0 Å². The van der Waals surface area contributed by atoms with Gasteiger partial charge in [0.05, 0.1) is 5.56 Å². The largest absolute Gasteiger partial charge is 0.454 e. The molecule has 4 aromatic rings. The Kier molecular flexibility index (Phi) is 6.67. The summed E-state index contributed by atoms with van der Waals surface area (Å²) < 4.78 is 11.0. The number of ketones is 1. The first kappa shape index (κ1) is 22.9. The van der Waals surface area contributed by atoms with E-state index >= 15 is 0 Å². The molecule has 0 radical (unpaired) electrons. The van der Waals surface area contributed by atoms with Crippen molar-refractivity contribution in [2.24, 2.45) is 0 Å². The van der Waals surface area contributed by atoms with Crippen molar-refractivity contribution >= 4 is 40.5 Å². The molecular weight excluding hydrogens is 466 g/mol. The van der Waals surface area contributed by atoms with E-state index in [0.29, 0.717) is 33.4 Å². The smallest absolute Gasteiger partial charge is 0.338 e. The molecule has 0 aliphatic carbocycles. The summed E-state index contributed by atoms with van der Waals surface area (Å²) in [5.41, 5.74) is 3.27. The van der Waals surface area contributed by atoms with Gasteiger partial charge < -0.3 is 19.0 Å². The second-order valence-corrected chi connectivity index (χ2v) is 9.12. The van der Waals surface area contributed by atoms with Gasteiger partial charge in [0.1, 0.15) is 11.2 Å². The summed E-state index contributed by atoms with van der Waals surface area (Å²) in [5, 5.41) is 0.510. The van der Waals surface area contributed by atoms with Crippen LogP contribution >= 0.6 is 11.8 Å². The minimum atomic E-state index is -0.587. The number of thioether (sulfide) groups is 1. The quantitative estimate of drug-likeness (QED) is 0.217. The number of hydrogen-bond acceptors (Lipinski definition) is 7. The fourth-order valence-electron chi connectivity index (χ4n) is 3.96. The minimum Gasteiger partial charge on any atom is -0.454 e. The van der Waals surface area contributed by atoms with Gasteiger partial charge in [0, 0.05) is 30.6 Å². The maximum Gasteiger partial charge on any atom is 0.338 e. The van der Waals surface area contributed by atoms with Crippen molar-refractivity contribution < 1.29 is 23.5 Å². The molecule has 0 unspecified atom stereocenters. The zero-order valence-corrected chi connectivity index (χ0v) is 19.7. The Balaban J connectivity index is 1.19. The zero-order chi connectivity index (χ0) is 24.2. The van der Waals surface area contributed by atoms with E-state index in [4.69, 9.17) is 9.15 Å². The number of carbonyl (C=O) groups is 3. The first-order valence-electron chi connectivity index (χ1n) is 11.3. The van der Waals surface area contributed by atoms with Crippen molar-refractivity contribution in [1.82, 2.24) is 14.9 Å². The molecule has 8 nitrogen and oxygen atoms in total. The third kappa shape index (κ3) is 5.14. The standard InChI is InChI=1S/C26H23N3O5S/c30-22(18-13-21(27-14-18)24(31)29-11-5-6-12-29)15-33-25(32)19-8-2-1-7-17(19)16-35-26-28-20-9-3-4-10-23(20)34-26/h1-4,7-10,13-14,27H,5-6,11-12,15-16H2. The third-order valence-electron chi connectivity index (χ3n) is 5.83. The Morgan fingerprint density at radius 1 is 1.06 bits per heavy atom. The number of aromatic amines is 1. The molecule has 178 valence electrons. The lowest BCUT2D eigenvalue weighted by molar-refractivity contribution is 0.0474. The van der Waals surface area contributed by atoms with Crippen LogP contribution in [0.5, 0.6) is 0 Å². The maximum absolute atomic E-state index is 12.7. The molecule has 0 atom stereocenters. The van der Waals surface area contributed by atoms with Crippen LogP contribution < -0.4 is 0 Å². The summed E-state index contributed by atoms with van der Waals surface area (Å²) >= 11 is 1.38. The number of esters is 1. The second-order valence-electron chi connectivity index (χ2n) is 8.19. The van der Waals surface area contributed by atoms with Gasteiger partial charge in [-0.15, -0.1) is 0 Å². The van der Waals surface area contributed by atoms with Gasteiger partial charge in [-0.25, -0.2) is 9.78 Å². The number of H-pyrrole nitrogens is 1. The van der Waals surface area contributed by atoms with E-state index in [-0.39, 0.29) is 11.7 Å². The highest BCUT2D eigenvalue weighted by molar-refractivity contribution is 7.98. The number of Topliss-reactive ketones (excluding diaryl/α,β-unsaturated/α-hetero) is 1. The molecule has 1 aliphatic heterocycles. The summed E-state index contributed by atoms with van der Waals surface area (Å²) in [7, 11) is 0. The molecule has 1 fully saturated rings. The van der Waals surface area contributed by atoms with Crippen molar-refractivity contribution in [2.45, 2.75) is 23.8 Å². The molecule has 3 heterocycles. The van der Waals surface area contributed by atoms with Gasteiger partial charge in [-0.1, -0.05) is 42.1 Å². The Labute approximate surface area is 205 Å². The van der Waals surface area contributed by atoms with E-state index in [9.17, 15) is 14.4 Å². The highest BCUT2D eigenvalue weighted by atomic mass is 32.2. The molecule has 1 aliphatic rings. The van der Waals surface area contributed by atoms with Gasteiger partial charge in [-0.05, 0) is 42.7 Å². The number of carbonyl (C=O) groups excluding carboxylic acids is 3. The molecular formula is C26H23N3O5S. The number of amides is 1. The van der Waals surface area contributed by atoms with Gasteiger partial charge in [0.25, 0.3) is 11.1 Å². The highest BCUT2D eigenvalue weighted by Gasteiger charge is 2.22. The van der Waals surface area contributed by atoms with Crippen LogP contribution in [0.1, 0.15) is 49.6 Å². The van der Waals surface area contributed by atoms with Crippen LogP contribution in [0.2, 0.25) is 0 Å². The van der Waals surface area contributed by atoms with E-state index in [1.54, 1.807) is 17.0 Å². The van der Waals surface area contributed by atoms with Crippen LogP contribution in [0.25, 0.3) is 11.1 Å². The molecule has 2 aromatic carbocycles. The lowest BCUT2D eigenvalue weighted by Gasteiger charge is -2.13. The van der Waals surface area contributed by atoms with Crippen molar-refractivity contribution in [3.8, 4) is 0 Å². The number of nitrogens with zero attached hydrogens (tertiary/aromatic N) is 2. The van der Waals surface area contributed by atoms with E-state index in [1.807, 2.05) is 36.4 Å². The Morgan fingerprint density at radius 3 is 2.66 bits per heavy atom. The lowest BCUT2D eigenvalue weighted by atomic mass is 10.1.